The van der Waals surface area contributed by atoms with Crippen molar-refractivity contribution < 1.29 is 21.2 Å². The Labute approximate surface area is 146 Å². The Morgan fingerprint density at radius 1 is 1.38 bits per heavy atom. The third kappa shape index (κ3) is 4.54. The van der Waals surface area contributed by atoms with Crippen LogP contribution in [0.5, 0.6) is 0 Å². The van der Waals surface area contributed by atoms with E-state index in [2.05, 4.69) is 11.3 Å². The van der Waals surface area contributed by atoms with Crippen LogP contribution in [-0.4, -0.2) is 40.8 Å². The summed E-state index contributed by atoms with van der Waals surface area (Å²) in [4.78, 5) is -0.155. The minimum atomic E-state index is -3.86. The number of sulfonamides is 2. The van der Waals surface area contributed by atoms with E-state index >= 15 is 0 Å². The molecule has 6 nitrogen and oxygen atoms in total. The molecule has 1 saturated heterocycles. The first kappa shape index (κ1) is 19.3. The molecular weight excluding hydrogens is 379 g/mol. The average molecular weight is 397 g/mol. The second-order valence-electron chi connectivity index (χ2n) is 5.51. The lowest BCUT2D eigenvalue weighted by atomic mass is 10.0. The van der Waals surface area contributed by atoms with Crippen LogP contribution < -0.4 is 4.72 Å². The highest BCUT2D eigenvalue weighted by Gasteiger charge is 2.32. The summed E-state index contributed by atoms with van der Waals surface area (Å²) in [5, 5.41) is 0.632. The van der Waals surface area contributed by atoms with Gasteiger partial charge in [0.1, 0.15) is 10.7 Å². The first-order valence-electron chi connectivity index (χ1n) is 7.23. The van der Waals surface area contributed by atoms with E-state index in [1.165, 1.54) is 4.31 Å². The lowest BCUT2D eigenvalue weighted by Crippen LogP contribution is -2.43. The molecule has 2 rings (SSSR count). The molecule has 0 bridgehead atoms. The summed E-state index contributed by atoms with van der Waals surface area (Å²) >= 11 is 5.86. The Morgan fingerprint density at radius 3 is 2.71 bits per heavy atom. The van der Waals surface area contributed by atoms with Gasteiger partial charge in [0.05, 0.1) is 5.02 Å². The van der Waals surface area contributed by atoms with Crippen molar-refractivity contribution in [3.8, 4) is 0 Å². The van der Waals surface area contributed by atoms with Crippen LogP contribution >= 0.6 is 11.6 Å². The van der Waals surface area contributed by atoms with Crippen LogP contribution in [0.2, 0.25) is 5.02 Å². The second kappa shape index (κ2) is 7.49. The fraction of sp³-hybridized carbons (Fsp3) is 0.429. The SMILES string of the molecule is C=CS(=O)(=O)NCC1CCCN(S(=O)(=O)c2ccc(F)cc2Cl)C1. The first-order chi connectivity index (χ1) is 11.2. The summed E-state index contributed by atoms with van der Waals surface area (Å²) < 4.78 is 64.9. The monoisotopic (exact) mass is 396 g/mol. The summed E-state index contributed by atoms with van der Waals surface area (Å²) in [7, 11) is -7.42. The standard InChI is InChI=1S/C14H18ClFN2O4S2/c1-2-23(19,20)17-9-11-4-3-7-18(10-11)24(21,22)14-6-5-12(16)8-13(14)15/h2,5-6,8,11,17H,1,3-4,7,9-10H2. The number of hydrogen-bond acceptors (Lipinski definition) is 4. The highest BCUT2D eigenvalue weighted by Crippen LogP contribution is 2.28. The number of hydrogen-bond donors (Lipinski definition) is 1. The molecule has 1 aromatic rings. The van der Waals surface area contributed by atoms with Gasteiger partial charge < -0.3 is 0 Å². The van der Waals surface area contributed by atoms with Gasteiger partial charge in [0.25, 0.3) is 0 Å². The molecule has 0 amide bonds. The zero-order valence-electron chi connectivity index (χ0n) is 12.8. The van der Waals surface area contributed by atoms with Gasteiger partial charge in [-0.25, -0.2) is 25.9 Å². The van der Waals surface area contributed by atoms with Crippen molar-refractivity contribution in [1.82, 2.24) is 9.03 Å². The molecular formula is C14H18ClFN2O4S2. The predicted octanol–water partition coefficient (Wildman–Crippen LogP) is 1.94. The van der Waals surface area contributed by atoms with Crippen LogP contribution in [0.15, 0.2) is 35.1 Å². The molecule has 1 atom stereocenters. The van der Waals surface area contributed by atoms with Crippen LogP contribution in [0.4, 0.5) is 4.39 Å². The molecule has 0 radical (unpaired) electrons. The molecule has 1 aliphatic rings. The quantitative estimate of drug-likeness (QED) is 0.796. The molecule has 1 N–H and O–H groups in total. The molecule has 1 aliphatic heterocycles. The topological polar surface area (TPSA) is 83.6 Å². The van der Waals surface area contributed by atoms with Crippen LogP contribution in [0.25, 0.3) is 0 Å². The second-order valence-corrected chi connectivity index (χ2v) is 9.53. The van der Waals surface area contributed by atoms with E-state index in [-0.39, 0.29) is 28.9 Å². The van der Waals surface area contributed by atoms with Crippen molar-refractivity contribution in [3.05, 3.63) is 41.0 Å². The molecule has 1 unspecified atom stereocenters. The summed E-state index contributed by atoms with van der Waals surface area (Å²) in [6.45, 7) is 3.80. The van der Waals surface area contributed by atoms with Gasteiger partial charge in [-0.05, 0) is 37.0 Å². The third-order valence-corrected chi connectivity index (χ3v) is 7.14. The van der Waals surface area contributed by atoms with Crippen molar-refractivity contribution >= 4 is 31.6 Å². The molecule has 24 heavy (non-hydrogen) atoms. The van der Waals surface area contributed by atoms with Crippen LogP contribution in [0, 0.1) is 11.7 Å². The van der Waals surface area contributed by atoms with Crippen molar-refractivity contribution in [2.45, 2.75) is 17.7 Å². The highest BCUT2D eigenvalue weighted by atomic mass is 35.5. The Hall–Kier alpha value is -1.00. The van der Waals surface area contributed by atoms with Gasteiger partial charge in [-0.2, -0.15) is 4.31 Å². The van der Waals surface area contributed by atoms with E-state index in [0.29, 0.717) is 19.4 Å². The fourth-order valence-electron chi connectivity index (χ4n) is 2.53. The zero-order valence-corrected chi connectivity index (χ0v) is 15.2. The van der Waals surface area contributed by atoms with E-state index in [1.807, 2.05) is 0 Å². The lowest BCUT2D eigenvalue weighted by Gasteiger charge is -2.32. The third-order valence-electron chi connectivity index (χ3n) is 3.79. The highest BCUT2D eigenvalue weighted by molar-refractivity contribution is 7.92. The van der Waals surface area contributed by atoms with Gasteiger partial charge in [0, 0.05) is 25.0 Å². The Balaban J connectivity index is 2.14. The number of piperidine rings is 1. The Kier molecular flexibility index (Phi) is 6.03. The molecule has 1 heterocycles. The maximum Gasteiger partial charge on any atom is 0.244 e. The van der Waals surface area contributed by atoms with Gasteiger partial charge in [0.15, 0.2) is 0 Å². The summed E-state index contributed by atoms with van der Waals surface area (Å²) in [6.07, 6.45) is 1.29. The normalized spacial score (nSPS) is 20.0. The molecule has 0 aromatic heterocycles. The number of nitrogens with one attached hydrogen (secondary N) is 1. The Morgan fingerprint density at radius 2 is 2.08 bits per heavy atom. The molecule has 134 valence electrons. The average Bonchev–Trinajstić information content (AvgIpc) is 2.53. The van der Waals surface area contributed by atoms with E-state index in [1.54, 1.807) is 0 Å². The Bertz CT molecular complexity index is 827. The molecule has 1 aromatic carbocycles. The van der Waals surface area contributed by atoms with E-state index in [9.17, 15) is 21.2 Å². The van der Waals surface area contributed by atoms with Gasteiger partial charge in [-0.15, -0.1) is 0 Å². The van der Waals surface area contributed by atoms with Gasteiger partial charge in [-0.1, -0.05) is 18.2 Å². The number of benzene rings is 1. The minimum absolute atomic E-state index is 0.123. The maximum absolute atomic E-state index is 13.1. The fourth-order valence-corrected chi connectivity index (χ4v) is 5.17. The summed E-state index contributed by atoms with van der Waals surface area (Å²) in [5.74, 6) is -0.781. The molecule has 0 aliphatic carbocycles. The van der Waals surface area contributed by atoms with Crippen molar-refractivity contribution in [1.29, 1.82) is 0 Å². The number of rotatable bonds is 6. The summed E-state index contributed by atoms with van der Waals surface area (Å²) in [5.41, 5.74) is 0. The van der Waals surface area contributed by atoms with Gasteiger partial charge in [-0.3, -0.25) is 0 Å². The smallest absolute Gasteiger partial charge is 0.211 e. The van der Waals surface area contributed by atoms with Crippen molar-refractivity contribution in [2.75, 3.05) is 19.6 Å². The number of halogens is 2. The zero-order chi connectivity index (χ0) is 18.0. The molecule has 1 fully saturated rings. The summed E-state index contributed by atoms with van der Waals surface area (Å²) in [6, 6.07) is 3.13. The van der Waals surface area contributed by atoms with Gasteiger partial charge >= 0.3 is 0 Å². The maximum atomic E-state index is 13.1. The minimum Gasteiger partial charge on any atom is -0.211 e. The first-order valence-corrected chi connectivity index (χ1v) is 10.6. The van der Waals surface area contributed by atoms with Crippen molar-refractivity contribution in [3.63, 3.8) is 0 Å². The van der Waals surface area contributed by atoms with Crippen LogP contribution in [0.1, 0.15) is 12.8 Å². The van der Waals surface area contributed by atoms with E-state index in [0.717, 1.165) is 23.6 Å². The number of nitrogens with zero attached hydrogens (tertiary/aromatic N) is 1. The molecule has 0 saturated carbocycles. The largest absolute Gasteiger partial charge is 0.244 e. The lowest BCUT2D eigenvalue weighted by molar-refractivity contribution is 0.267. The van der Waals surface area contributed by atoms with Crippen LogP contribution in [0.3, 0.4) is 0 Å². The van der Waals surface area contributed by atoms with E-state index < -0.39 is 25.9 Å². The molecule has 0 spiro atoms. The molecule has 10 heteroatoms. The van der Waals surface area contributed by atoms with Gasteiger partial charge in [0.2, 0.25) is 20.0 Å². The predicted molar refractivity (Wildman–Crippen MR) is 90.0 cm³/mol. The van der Waals surface area contributed by atoms with Crippen LogP contribution in [-0.2, 0) is 20.0 Å². The van der Waals surface area contributed by atoms with Crippen molar-refractivity contribution in [2.24, 2.45) is 5.92 Å². The van der Waals surface area contributed by atoms with E-state index in [4.69, 9.17) is 11.6 Å².